The van der Waals surface area contributed by atoms with Crippen molar-refractivity contribution in [2.24, 2.45) is 0 Å². The lowest BCUT2D eigenvalue weighted by atomic mass is 10.1. The van der Waals surface area contributed by atoms with Crippen molar-refractivity contribution in [3.63, 3.8) is 0 Å². The van der Waals surface area contributed by atoms with E-state index < -0.39 is 0 Å². The van der Waals surface area contributed by atoms with E-state index in [1.165, 1.54) is 13.2 Å². The molecule has 0 spiro atoms. The number of H-pyrrole nitrogens is 1. The Balaban J connectivity index is 2.05. The topological polar surface area (TPSA) is 37.9 Å². The predicted molar refractivity (Wildman–Crippen MR) is 66.6 cm³/mol. The Morgan fingerprint density at radius 3 is 2.82 bits per heavy atom. The molecule has 2 rings (SSSR count). The molecule has 0 unspecified atom stereocenters. The highest BCUT2D eigenvalue weighted by molar-refractivity contribution is 9.10. The maximum Gasteiger partial charge on any atom is 0.165 e. The van der Waals surface area contributed by atoms with Crippen molar-refractivity contribution in [1.29, 1.82) is 0 Å². The molecule has 1 heterocycles. The van der Waals surface area contributed by atoms with Crippen molar-refractivity contribution in [3.05, 3.63) is 46.2 Å². The van der Waals surface area contributed by atoms with Crippen molar-refractivity contribution < 1.29 is 9.13 Å². The van der Waals surface area contributed by atoms with Crippen LogP contribution in [0.2, 0.25) is 0 Å². The third-order valence-corrected chi connectivity index (χ3v) is 3.23. The average molecular weight is 299 g/mol. The first-order valence-electron chi connectivity index (χ1n) is 5.21. The van der Waals surface area contributed by atoms with Crippen LogP contribution >= 0.6 is 15.9 Å². The van der Waals surface area contributed by atoms with Gasteiger partial charge in [0.15, 0.2) is 11.6 Å². The van der Waals surface area contributed by atoms with Gasteiger partial charge in [0, 0.05) is 5.69 Å². The normalized spacial score (nSPS) is 10.5. The summed E-state index contributed by atoms with van der Waals surface area (Å²) < 4.78 is 19.1. The quantitative estimate of drug-likeness (QED) is 0.942. The summed E-state index contributed by atoms with van der Waals surface area (Å²) in [6.07, 6.45) is 3.17. The second kappa shape index (κ2) is 5.31. The lowest BCUT2D eigenvalue weighted by molar-refractivity contribution is 0.386. The average Bonchev–Trinajstić information content (AvgIpc) is 2.72. The van der Waals surface area contributed by atoms with Gasteiger partial charge in [0.2, 0.25) is 0 Å². The maximum atomic E-state index is 13.4. The molecule has 3 nitrogen and oxygen atoms in total. The van der Waals surface area contributed by atoms with Crippen LogP contribution in [0.3, 0.4) is 0 Å². The highest BCUT2D eigenvalue weighted by atomic mass is 79.9. The highest BCUT2D eigenvalue weighted by Crippen LogP contribution is 2.19. The largest absolute Gasteiger partial charge is 0.494 e. The number of imidazole rings is 1. The fraction of sp³-hybridized carbons (Fsp3) is 0.250. The van der Waals surface area contributed by atoms with E-state index in [-0.39, 0.29) is 11.6 Å². The summed E-state index contributed by atoms with van der Waals surface area (Å²) >= 11 is 3.34. The summed E-state index contributed by atoms with van der Waals surface area (Å²) in [5.41, 5.74) is 1.95. The van der Waals surface area contributed by atoms with Crippen LogP contribution in [0.4, 0.5) is 4.39 Å². The second-order valence-electron chi connectivity index (χ2n) is 3.64. The van der Waals surface area contributed by atoms with Crippen LogP contribution in [0.5, 0.6) is 5.75 Å². The number of methoxy groups -OCH3 is 1. The molecule has 0 radical (unpaired) electrons. The molecule has 0 saturated carbocycles. The number of hydrogen-bond acceptors (Lipinski definition) is 2. The molecule has 0 bridgehead atoms. The number of halogens is 2. The molecule has 1 aromatic carbocycles. The summed E-state index contributed by atoms with van der Waals surface area (Å²) in [5, 5.41) is 0. The molecular weight excluding hydrogens is 287 g/mol. The number of benzene rings is 1. The predicted octanol–water partition coefficient (Wildman–Crippen LogP) is 3.11. The number of nitrogens with zero attached hydrogens (tertiary/aromatic N) is 1. The smallest absolute Gasteiger partial charge is 0.165 e. The van der Waals surface area contributed by atoms with Crippen LogP contribution in [-0.2, 0) is 12.8 Å². The van der Waals surface area contributed by atoms with Gasteiger partial charge in [0.1, 0.15) is 4.60 Å². The van der Waals surface area contributed by atoms with Gasteiger partial charge in [-0.15, -0.1) is 0 Å². The lowest BCUT2D eigenvalue weighted by Gasteiger charge is -2.04. The van der Waals surface area contributed by atoms with Crippen molar-refractivity contribution in [3.8, 4) is 5.75 Å². The number of aromatic nitrogens is 2. The zero-order chi connectivity index (χ0) is 12.3. The standard InChI is InChI=1S/C12H12BrFN2O/c1-17-11-5-3-8(6-9(11)14)2-4-10-12(13)16-7-15-10/h3,5-7H,2,4H2,1H3,(H,15,16). The summed E-state index contributed by atoms with van der Waals surface area (Å²) in [7, 11) is 1.46. The molecule has 0 saturated heterocycles. The number of ether oxygens (including phenoxy) is 1. The minimum absolute atomic E-state index is 0.275. The number of nitrogens with one attached hydrogen (secondary N) is 1. The minimum atomic E-state index is -0.325. The van der Waals surface area contributed by atoms with Gasteiger partial charge >= 0.3 is 0 Å². The van der Waals surface area contributed by atoms with Gasteiger partial charge in [0.25, 0.3) is 0 Å². The fourth-order valence-corrected chi connectivity index (χ4v) is 2.03. The van der Waals surface area contributed by atoms with Gasteiger partial charge in [-0.2, -0.15) is 0 Å². The number of rotatable bonds is 4. The molecule has 0 aliphatic rings. The monoisotopic (exact) mass is 298 g/mol. The first-order chi connectivity index (χ1) is 8.20. The summed E-state index contributed by atoms with van der Waals surface area (Å²) in [6, 6.07) is 5.02. The third-order valence-electron chi connectivity index (χ3n) is 2.55. The van der Waals surface area contributed by atoms with Gasteiger partial charge in [0.05, 0.1) is 13.4 Å². The SMILES string of the molecule is COc1ccc(CCc2[nH]cnc2Br)cc1F. The van der Waals surface area contributed by atoms with Gasteiger partial charge in [-0.25, -0.2) is 9.37 Å². The van der Waals surface area contributed by atoms with Crippen LogP contribution in [0, 0.1) is 5.82 Å². The number of hydrogen-bond donors (Lipinski definition) is 1. The van der Waals surface area contributed by atoms with E-state index in [1.807, 2.05) is 6.07 Å². The molecule has 0 atom stereocenters. The van der Waals surface area contributed by atoms with Gasteiger partial charge in [-0.05, 0) is 46.5 Å². The van der Waals surface area contributed by atoms with Crippen LogP contribution in [0.1, 0.15) is 11.3 Å². The maximum absolute atomic E-state index is 13.4. The first-order valence-corrected chi connectivity index (χ1v) is 6.00. The van der Waals surface area contributed by atoms with Crippen LogP contribution < -0.4 is 4.74 Å². The molecule has 1 aromatic heterocycles. The van der Waals surface area contributed by atoms with Crippen LogP contribution in [-0.4, -0.2) is 17.1 Å². The molecule has 0 aliphatic carbocycles. The van der Waals surface area contributed by atoms with Crippen molar-refractivity contribution >= 4 is 15.9 Å². The van der Waals surface area contributed by atoms with E-state index in [0.29, 0.717) is 0 Å². The molecule has 2 aromatic rings. The molecule has 0 aliphatic heterocycles. The van der Waals surface area contributed by atoms with E-state index in [0.717, 1.165) is 28.7 Å². The molecule has 0 fully saturated rings. The summed E-state index contributed by atoms with van der Waals surface area (Å²) in [4.78, 5) is 7.08. The molecular formula is C12H12BrFN2O. The molecule has 5 heteroatoms. The molecule has 90 valence electrons. The van der Waals surface area contributed by atoms with E-state index in [4.69, 9.17) is 4.74 Å². The molecule has 0 amide bonds. The Labute approximate surface area is 107 Å². The number of aryl methyl sites for hydroxylation is 2. The van der Waals surface area contributed by atoms with E-state index >= 15 is 0 Å². The Morgan fingerprint density at radius 2 is 2.24 bits per heavy atom. The van der Waals surface area contributed by atoms with E-state index in [2.05, 4.69) is 25.9 Å². The second-order valence-corrected chi connectivity index (χ2v) is 4.39. The van der Waals surface area contributed by atoms with Crippen LogP contribution in [0.15, 0.2) is 29.1 Å². The van der Waals surface area contributed by atoms with E-state index in [9.17, 15) is 4.39 Å². The summed E-state index contributed by atoms with van der Waals surface area (Å²) in [6.45, 7) is 0. The van der Waals surface area contributed by atoms with Gasteiger partial charge in [-0.1, -0.05) is 6.07 Å². The minimum Gasteiger partial charge on any atom is -0.494 e. The van der Waals surface area contributed by atoms with Gasteiger partial charge < -0.3 is 9.72 Å². The molecule has 1 N–H and O–H groups in total. The van der Waals surface area contributed by atoms with Crippen molar-refractivity contribution in [2.45, 2.75) is 12.8 Å². The Bertz CT molecular complexity index is 513. The zero-order valence-electron chi connectivity index (χ0n) is 9.34. The van der Waals surface area contributed by atoms with Crippen LogP contribution in [0.25, 0.3) is 0 Å². The Kier molecular flexibility index (Phi) is 3.78. The lowest BCUT2D eigenvalue weighted by Crippen LogP contribution is -1.95. The number of aromatic amines is 1. The van der Waals surface area contributed by atoms with E-state index in [1.54, 1.807) is 12.4 Å². The van der Waals surface area contributed by atoms with Gasteiger partial charge in [-0.3, -0.25) is 0 Å². The summed E-state index contributed by atoms with van der Waals surface area (Å²) in [5.74, 6) is -0.0508. The first kappa shape index (κ1) is 12.1. The fourth-order valence-electron chi connectivity index (χ4n) is 1.61. The molecule has 17 heavy (non-hydrogen) atoms. The highest BCUT2D eigenvalue weighted by Gasteiger charge is 2.06. The van der Waals surface area contributed by atoms with Crippen molar-refractivity contribution in [1.82, 2.24) is 9.97 Å². The zero-order valence-corrected chi connectivity index (χ0v) is 10.9. The Morgan fingerprint density at radius 1 is 1.41 bits per heavy atom. The third kappa shape index (κ3) is 2.85. The Hall–Kier alpha value is -1.36. The van der Waals surface area contributed by atoms with Crippen molar-refractivity contribution in [2.75, 3.05) is 7.11 Å².